The molecule has 7 rings (SSSR count). The van der Waals surface area contributed by atoms with Crippen LogP contribution < -0.4 is 26.2 Å². The highest BCUT2D eigenvalue weighted by atomic mass is 16.5. The predicted octanol–water partition coefficient (Wildman–Crippen LogP) is 10.5. The van der Waals surface area contributed by atoms with Crippen LogP contribution in [-0.4, -0.2) is 30.3 Å². The Morgan fingerprint density at radius 3 is 2.20 bits per heavy atom. The first-order chi connectivity index (χ1) is 26.9. The van der Waals surface area contributed by atoms with Gasteiger partial charge in [0.05, 0.1) is 7.11 Å². The third-order valence-electron chi connectivity index (χ3n) is 12.1. The largest absolute Gasteiger partial charge is 0.481 e. The Hall–Kier alpha value is -5.56. The molecule has 0 radical (unpaired) electrons. The fourth-order valence-corrected chi connectivity index (χ4v) is 9.42. The number of benzene rings is 4. The summed E-state index contributed by atoms with van der Waals surface area (Å²) in [7, 11) is 5.70. The van der Waals surface area contributed by atoms with Crippen molar-refractivity contribution in [2.45, 2.75) is 91.1 Å². The van der Waals surface area contributed by atoms with Crippen molar-refractivity contribution in [1.82, 2.24) is 9.13 Å². The summed E-state index contributed by atoms with van der Waals surface area (Å²) in [5, 5.41) is 8.41. The smallest absolute Gasteiger partial charge is 0.333 e. The van der Waals surface area contributed by atoms with E-state index in [0.29, 0.717) is 18.0 Å². The number of rotatable bonds is 10. The summed E-state index contributed by atoms with van der Waals surface area (Å²) in [6.07, 6.45) is 12.3. The minimum absolute atomic E-state index is 0.200. The molecule has 0 saturated heterocycles. The second-order valence-corrected chi connectivity index (χ2v) is 16.3. The SMILES string of the molecule is CCn1c(OC)c(C2=C(C=CCC(C)(C)c3c(NC)ccc4ccccc34)CCCC2=CC=C2N(C)c3ccc4ccccc4c3C2(C)C)c(=O)n(CC)c1=O. The molecule has 0 bridgehead atoms. The number of aromatic nitrogens is 2. The molecule has 2 heterocycles. The van der Waals surface area contributed by atoms with Gasteiger partial charge in [0.2, 0.25) is 5.88 Å². The molecule has 7 nitrogen and oxygen atoms in total. The standard InChI is InChI=1S/C49H56N4O3/c1-10-52-45(54)42(46(56-9)53(11-2)47(52)55)41-34(22-17-31-48(3,4)43-36-23-14-12-18-32(36)25-28-38(43)50-7)20-16-21-35(41)27-30-40-49(5,6)44-37-24-15-13-19-33(37)26-29-39(44)51(40)8/h12-15,17-19,22-30,50H,10-11,16,20-21,31H2,1-9H3. The molecule has 0 spiro atoms. The zero-order valence-electron chi connectivity index (χ0n) is 34.5. The maximum atomic E-state index is 14.5. The highest BCUT2D eigenvalue weighted by Crippen LogP contribution is 2.50. The number of allylic oxidation sites excluding steroid dienone is 8. The average Bonchev–Trinajstić information content (AvgIpc) is 3.39. The number of hydrogen-bond donors (Lipinski definition) is 1. The number of anilines is 2. The number of likely N-dealkylation sites (N-methyl/N-ethyl adjacent to an activating group) is 1. The molecule has 0 amide bonds. The lowest BCUT2D eigenvalue weighted by molar-refractivity contribution is 0.355. The third-order valence-corrected chi connectivity index (χ3v) is 12.1. The van der Waals surface area contributed by atoms with Crippen LogP contribution in [0, 0.1) is 0 Å². The van der Waals surface area contributed by atoms with Crippen molar-refractivity contribution >= 4 is 38.5 Å². The molecule has 1 aromatic heterocycles. The van der Waals surface area contributed by atoms with E-state index in [4.69, 9.17) is 4.74 Å². The Labute approximate surface area is 331 Å². The minimum atomic E-state index is -0.349. The molecule has 0 atom stereocenters. The lowest BCUT2D eigenvalue weighted by Crippen LogP contribution is -2.41. The number of hydrogen-bond acceptors (Lipinski definition) is 5. The van der Waals surface area contributed by atoms with E-state index < -0.39 is 0 Å². The molecule has 2 aliphatic rings. The molecule has 1 aliphatic carbocycles. The van der Waals surface area contributed by atoms with Gasteiger partial charge in [-0.3, -0.25) is 13.9 Å². The van der Waals surface area contributed by atoms with Gasteiger partial charge in [0.15, 0.2) is 0 Å². The maximum absolute atomic E-state index is 14.5. The molecular formula is C49H56N4O3. The van der Waals surface area contributed by atoms with E-state index in [1.807, 2.05) is 20.9 Å². The molecule has 0 unspecified atom stereocenters. The Balaban J connectivity index is 1.40. The second kappa shape index (κ2) is 15.2. The molecule has 0 fully saturated rings. The summed E-state index contributed by atoms with van der Waals surface area (Å²) in [6.45, 7) is 13.6. The van der Waals surface area contributed by atoms with Crippen molar-refractivity contribution in [2.24, 2.45) is 0 Å². The normalized spacial score (nSPS) is 17.2. The maximum Gasteiger partial charge on any atom is 0.333 e. The van der Waals surface area contributed by atoms with Crippen LogP contribution in [0.2, 0.25) is 0 Å². The van der Waals surface area contributed by atoms with Crippen LogP contribution in [0.3, 0.4) is 0 Å². The van der Waals surface area contributed by atoms with Gasteiger partial charge in [-0.25, -0.2) is 4.79 Å². The zero-order chi connectivity index (χ0) is 39.9. The lowest BCUT2D eigenvalue weighted by atomic mass is 9.77. The van der Waals surface area contributed by atoms with Gasteiger partial charge in [0.25, 0.3) is 5.56 Å². The average molecular weight is 749 g/mol. The third kappa shape index (κ3) is 6.41. The van der Waals surface area contributed by atoms with Crippen molar-refractivity contribution in [3.05, 3.63) is 151 Å². The highest BCUT2D eigenvalue weighted by Gasteiger charge is 2.39. The fraction of sp³-hybridized carbons (Fsp3) is 0.347. The topological polar surface area (TPSA) is 68.5 Å². The molecular weight excluding hydrogens is 693 g/mol. The van der Waals surface area contributed by atoms with Crippen molar-refractivity contribution in [3.8, 4) is 5.88 Å². The second-order valence-electron chi connectivity index (χ2n) is 16.3. The van der Waals surface area contributed by atoms with E-state index in [1.54, 1.807) is 11.7 Å². The van der Waals surface area contributed by atoms with Crippen LogP contribution in [0.1, 0.15) is 83.9 Å². The molecule has 5 aromatic rings. The number of nitrogens with one attached hydrogen (secondary N) is 1. The van der Waals surface area contributed by atoms with E-state index in [0.717, 1.165) is 48.1 Å². The molecule has 290 valence electrons. The monoisotopic (exact) mass is 748 g/mol. The number of fused-ring (bicyclic) bond motifs is 4. The van der Waals surface area contributed by atoms with Crippen molar-refractivity contribution in [1.29, 1.82) is 0 Å². The fourth-order valence-electron chi connectivity index (χ4n) is 9.42. The molecule has 7 heteroatoms. The Kier molecular flexibility index (Phi) is 10.5. The summed E-state index contributed by atoms with van der Waals surface area (Å²) < 4.78 is 8.95. The summed E-state index contributed by atoms with van der Waals surface area (Å²) in [5.41, 5.74) is 8.48. The number of nitrogens with zero attached hydrogens (tertiary/aromatic N) is 3. The van der Waals surface area contributed by atoms with Crippen molar-refractivity contribution < 1.29 is 4.74 Å². The van der Waals surface area contributed by atoms with E-state index in [2.05, 4.69) is 142 Å². The van der Waals surface area contributed by atoms with Crippen LogP contribution in [0.25, 0.3) is 27.1 Å². The molecule has 1 aliphatic heterocycles. The van der Waals surface area contributed by atoms with Gasteiger partial charge in [-0.2, -0.15) is 0 Å². The first-order valence-corrected chi connectivity index (χ1v) is 20.1. The van der Waals surface area contributed by atoms with Gasteiger partial charge in [-0.1, -0.05) is 107 Å². The highest BCUT2D eigenvalue weighted by molar-refractivity contribution is 5.95. The van der Waals surface area contributed by atoms with Crippen molar-refractivity contribution in [2.75, 3.05) is 31.4 Å². The Morgan fingerprint density at radius 2 is 1.52 bits per heavy atom. The van der Waals surface area contributed by atoms with Crippen LogP contribution in [0.15, 0.2) is 124 Å². The predicted molar refractivity (Wildman–Crippen MR) is 235 cm³/mol. The first kappa shape index (κ1) is 38.7. The molecule has 0 saturated carbocycles. The molecule has 4 aromatic carbocycles. The lowest BCUT2D eigenvalue weighted by Gasteiger charge is -2.29. The quantitative estimate of drug-likeness (QED) is 0.154. The van der Waals surface area contributed by atoms with Gasteiger partial charge >= 0.3 is 5.69 Å². The Morgan fingerprint density at radius 1 is 0.857 bits per heavy atom. The van der Waals surface area contributed by atoms with Gasteiger partial charge in [-0.05, 0) is 113 Å². The van der Waals surface area contributed by atoms with E-state index >= 15 is 0 Å². The van der Waals surface area contributed by atoms with Crippen LogP contribution in [0.5, 0.6) is 5.88 Å². The summed E-state index contributed by atoms with van der Waals surface area (Å²) in [5.74, 6) is 0.320. The Bertz CT molecular complexity index is 2590. The summed E-state index contributed by atoms with van der Waals surface area (Å²) in [6, 6.07) is 26.0. The summed E-state index contributed by atoms with van der Waals surface area (Å²) >= 11 is 0. The number of ether oxygens (including phenoxy) is 1. The van der Waals surface area contributed by atoms with Gasteiger partial charge in [0.1, 0.15) is 5.56 Å². The minimum Gasteiger partial charge on any atom is -0.481 e. The first-order valence-electron chi connectivity index (χ1n) is 20.1. The molecule has 56 heavy (non-hydrogen) atoms. The van der Waals surface area contributed by atoms with Gasteiger partial charge in [0, 0.05) is 49.7 Å². The van der Waals surface area contributed by atoms with E-state index in [1.165, 1.54) is 48.6 Å². The van der Waals surface area contributed by atoms with Gasteiger partial charge in [-0.15, -0.1) is 0 Å². The molecule has 1 N–H and O–H groups in total. The van der Waals surface area contributed by atoms with E-state index in [-0.39, 0.29) is 28.6 Å². The van der Waals surface area contributed by atoms with Crippen LogP contribution >= 0.6 is 0 Å². The van der Waals surface area contributed by atoms with Crippen LogP contribution in [0.4, 0.5) is 11.4 Å². The van der Waals surface area contributed by atoms with Crippen LogP contribution in [-0.2, 0) is 23.9 Å². The zero-order valence-corrected chi connectivity index (χ0v) is 34.5. The van der Waals surface area contributed by atoms with Gasteiger partial charge < -0.3 is 15.0 Å². The number of methoxy groups -OCH3 is 1. The van der Waals surface area contributed by atoms with E-state index in [9.17, 15) is 9.59 Å². The van der Waals surface area contributed by atoms with Crippen molar-refractivity contribution in [3.63, 3.8) is 0 Å². The summed E-state index contributed by atoms with van der Waals surface area (Å²) in [4.78, 5) is 30.4.